The molecule has 0 aliphatic heterocycles. The van der Waals surface area contributed by atoms with Gasteiger partial charge in [-0.15, -0.1) is 0 Å². The average Bonchev–Trinajstić information content (AvgIpc) is 2.34. The van der Waals surface area contributed by atoms with Crippen LogP contribution < -0.4 is 0 Å². The van der Waals surface area contributed by atoms with Crippen LogP contribution in [0.1, 0.15) is 64.7 Å². The van der Waals surface area contributed by atoms with E-state index in [-0.39, 0.29) is 0 Å². The molecule has 0 atom stereocenters. The maximum atomic E-state index is 11.0. The monoisotopic (exact) mass is 218 g/mol. The number of carbonyl (C=O) groups is 1. The molecule has 0 aromatic heterocycles. The summed E-state index contributed by atoms with van der Waals surface area (Å²) in [7, 11) is 0. The quantitative estimate of drug-likeness (QED) is 0.503. The normalized spacial score (nSPS) is 14.9. The average molecular weight is 218 g/mol. The predicted octanol–water partition coefficient (Wildman–Crippen LogP) is 4.03. The minimum Gasteiger partial charge on any atom is -0.300 e. The van der Waals surface area contributed by atoms with E-state index in [4.69, 9.17) is 0 Å². The van der Waals surface area contributed by atoms with Gasteiger partial charge in [-0.05, 0) is 44.1 Å². The van der Waals surface area contributed by atoms with Gasteiger partial charge in [0.25, 0.3) is 0 Å². The van der Waals surface area contributed by atoms with E-state index >= 15 is 0 Å². The minimum atomic E-state index is 0.378. The molecular formula is C15H22O. The highest BCUT2D eigenvalue weighted by atomic mass is 16.1. The predicted molar refractivity (Wildman–Crippen MR) is 68.1 cm³/mol. The first-order valence-electron chi connectivity index (χ1n) is 6.52. The van der Waals surface area contributed by atoms with Crippen molar-refractivity contribution in [3.63, 3.8) is 0 Å². The van der Waals surface area contributed by atoms with Crippen LogP contribution in [0.5, 0.6) is 0 Å². The van der Waals surface area contributed by atoms with Crippen LogP contribution in [0.25, 0.3) is 0 Å². The van der Waals surface area contributed by atoms with Gasteiger partial charge in [0.05, 0.1) is 0 Å². The number of carbonyl (C=O) groups excluding carboxylic acids is 1. The second-order valence-electron chi connectivity index (χ2n) is 4.38. The lowest BCUT2D eigenvalue weighted by atomic mass is 10.00. The van der Waals surface area contributed by atoms with Gasteiger partial charge in [0, 0.05) is 19.3 Å². The molecule has 1 rings (SSSR count). The van der Waals surface area contributed by atoms with Gasteiger partial charge in [0.15, 0.2) is 0 Å². The number of allylic oxidation sites excluding steroid dienone is 2. The highest BCUT2D eigenvalue weighted by Crippen LogP contribution is 2.16. The van der Waals surface area contributed by atoms with E-state index in [1.807, 2.05) is 6.92 Å². The molecule has 0 N–H and O–H groups in total. The molecule has 1 aliphatic rings. The van der Waals surface area contributed by atoms with Gasteiger partial charge in [-0.1, -0.05) is 24.8 Å². The Morgan fingerprint density at radius 2 is 2.25 bits per heavy atom. The van der Waals surface area contributed by atoms with Crippen molar-refractivity contribution in [2.75, 3.05) is 0 Å². The Morgan fingerprint density at radius 3 is 2.94 bits per heavy atom. The van der Waals surface area contributed by atoms with Crippen LogP contribution >= 0.6 is 0 Å². The Labute approximate surface area is 99.3 Å². The molecule has 0 amide bonds. The molecule has 0 radical (unpaired) electrons. The lowest BCUT2D eigenvalue weighted by molar-refractivity contribution is -0.118. The summed E-state index contributed by atoms with van der Waals surface area (Å²) < 4.78 is 0. The maximum absolute atomic E-state index is 11.0. The topological polar surface area (TPSA) is 17.1 Å². The van der Waals surface area contributed by atoms with Crippen LogP contribution in [-0.4, -0.2) is 5.78 Å². The van der Waals surface area contributed by atoms with E-state index < -0.39 is 0 Å². The molecule has 0 aromatic rings. The Bertz CT molecular complexity index is 301. The third-order valence-electron chi connectivity index (χ3n) is 2.94. The second-order valence-corrected chi connectivity index (χ2v) is 4.38. The van der Waals surface area contributed by atoms with Gasteiger partial charge in [0.1, 0.15) is 5.78 Å². The molecule has 0 fully saturated rings. The van der Waals surface area contributed by atoms with Crippen LogP contribution in [0.3, 0.4) is 0 Å². The molecule has 0 heterocycles. The smallest absolute Gasteiger partial charge is 0.132 e. The highest BCUT2D eigenvalue weighted by Gasteiger charge is 1.99. The van der Waals surface area contributed by atoms with Gasteiger partial charge in [-0.25, -0.2) is 0 Å². The standard InChI is InChI=1S/C15H22O/c1-2-15(16)13-9-4-3-6-10-14-11-7-5-8-12-14/h11H,2-5,7-9,12-13H2,1H3. The molecule has 0 aromatic carbocycles. The molecular weight excluding hydrogens is 196 g/mol. The molecule has 1 heteroatoms. The number of unbranched alkanes of at least 4 members (excludes halogenated alkanes) is 2. The molecule has 1 nitrogen and oxygen atoms in total. The van der Waals surface area contributed by atoms with Crippen LogP contribution in [0.4, 0.5) is 0 Å². The largest absolute Gasteiger partial charge is 0.300 e. The van der Waals surface area contributed by atoms with Crippen molar-refractivity contribution in [2.24, 2.45) is 0 Å². The van der Waals surface area contributed by atoms with E-state index in [1.54, 1.807) is 0 Å². The van der Waals surface area contributed by atoms with Crippen LogP contribution in [-0.2, 0) is 4.79 Å². The first-order valence-corrected chi connectivity index (χ1v) is 6.52. The zero-order chi connectivity index (χ0) is 11.6. The number of rotatable bonds is 5. The first-order chi connectivity index (χ1) is 7.83. The van der Waals surface area contributed by atoms with Gasteiger partial charge in [-0.3, -0.25) is 4.79 Å². The van der Waals surface area contributed by atoms with Gasteiger partial charge in [-0.2, -0.15) is 0 Å². The summed E-state index contributed by atoms with van der Waals surface area (Å²) in [5.41, 5.74) is 1.33. The van der Waals surface area contributed by atoms with Crippen LogP contribution in [0.2, 0.25) is 0 Å². The molecule has 0 bridgehead atoms. The molecule has 0 saturated heterocycles. The molecule has 0 unspecified atom stereocenters. The van der Waals surface area contributed by atoms with E-state index in [9.17, 15) is 4.79 Å². The third kappa shape index (κ3) is 5.75. The van der Waals surface area contributed by atoms with Gasteiger partial charge >= 0.3 is 0 Å². The van der Waals surface area contributed by atoms with E-state index in [0.29, 0.717) is 12.2 Å². The summed E-state index contributed by atoms with van der Waals surface area (Å²) in [5.74, 6) is 6.84. The van der Waals surface area contributed by atoms with Crippen molar-refractivity contribution in [3.8, 4) is 11.8 Å². The SMILES string of the molecule is CCC(=O)CCCCC#CC1=CCCCC1. The lowest BCUT2D eigenvalue weighted by Gasteiger charge is -2.05. The molecule has 16 heavy (non-hydrogen) atoms. The van der Waals surface area contributed by atoms with Crippen molar-refractivity contribution in [1.82, 2.24) is 0 Å². The highest BCUT2D eigenvalue weighted by molar-refractivity contribution is 5.77. The Kier molecular flexibility index (Phi) is 6.65. The van der Waals surface area contributed by atoms with Gasteiger partial charge in [0.2, 0.25) is 0 Å². The fourth-order valence-electron chi connectivity index (χ4n) is 1.84. The Hall–Kier alpha value is -1.03. The van der Waals surface area contributed by atoms with Gasteiger partial charge < -0.3 is 0 Å². The van der Waals surface area contributed by atoms with Crippen LogP contribution in [0.15, 0.2) is 11.6 Å². The van der Waals surface area contributed by atoms with E-state index in [1.165, 1.54) is 31.3 Å². The number of hydrogen-bond donors (Lipinski definition) is 0. The molecule has 0 spiro atoms. The Balaban J connectivity index is 2.08. The number of hydrogen-bond acceptors (Lipinski definition) is 1. The van der Waals surface area contributed by atoms with Crippen molar-refractivity contribution in [3.05, 3.63) is 11.6 Å². The van der Waals surface area contributed by atoms with E-state index in [2.05, 4.69) is 17.9 Å². The molecule has 1 aliphatic carbocycles. The number of Topliss-reactive ketones (excluding diaryl/α,β-unsaturated/α-hetero) is 1. The fourth-order valence-corrected chi connectivity index (χ4v) is 1.84. The van der Waals surface area contributed by atoms with Crippen molar-refractivity contribution < 1.29 is 4.79 Å². The summed E-state index contributed by atoms with van der Waals surface area (Å²) in [6.45, 7) is 1.93. The Morgan fingerprint density at radius 1 is 1.38 bits per heavy atom. The number of ketones is 1. The summed E-state index contributed by atoms with van der Waals surface area (Å²) >= 11 is 0. The summed E-state index contributed by atoms with van der Waals surface area (Å²) in [4.78, 5) is 11.0. The summed E-state index contributed by atoms with van der Waals surface area (Å²) in [6, 6.07) is 0. The van der Waals surface area contributed by atoms with Crippen molar-refractivity contribution >= 4 is 5.78 Å². The third-order valence-corrected chi connectivity index (χ3v) is 2.94. The lowest BCUT2D eigenvalue weighted by Crippen LogP contribution is -1.93. The minimum absolute atomic E-state index is 0.378. The second kappa shape index (κ2) is 8.16. The van der Waals surface area contributed by atoms with E-state index in [0.717, 1.165) is 25.7 Å². The first kappa shape index (κ1) is 13.0. The molecule has 88 valence electrons. The molecule has 0 saturated carbocycles. The van der Waals surface area contributed by atoms with Crippen molar-refractivity contribution in [2.45, 2.75) is 64.7 Å². The summed E-state index contributed by atoms with van der Waals surface area (Å²) in [6.07, 6.45) is 11.7. The fraction of sp³-hybridized carbons (Fsp3) is 0.667. The summed E-state index contributed by atoms with van der Waals surface area (Å²) in [5, 5.41) is 0. The van der Waals surface area contributed by atoms with Crippen LogP contribution in [0, 0.1) is 11.8 Å². The maximum Gasteiger partial charge on any atom is 0.132 e. The van der Waals surface area contributed by atoms with Crippen molar-refractivity contribution in [1.29, 1.82) is 0 Å². The zero-order valence-corrected chi connectivity index (χ0v) is 10.3. The zero-order valence-electron chi connectivity index (χ0n) is 10.3.